The first-order valence-corrected chi connectivity index (χ1v) is 22.2. The van der Waals surface area contributed by atoms with Crippen LogP contribution in [0.2, 0.25) is 0 Å². The molecule has 52 heavy (non-hydrogen) atoms. The molecule has 4 aliphatic heterocycles. The van der Waals surface area contributed by atoms with Crippen LogP contribution in [0.3, 0.4) is 0 Å². The van der Waals surface area contributed by atoms with Crippen LogP contribution >= 0.6 is 68.0 Å². The third-order valence-electron chi connectivity index (χ3n) is 10.1. The van der Waals surface area contributed by atoms with E-state index in [9.17, 15) is 9.59 Å². The number of hydrogen-bond donors (Lipinski definition) is 0. The third kappa shape index (κ3) is 4.54. The molecule has 4 aliphatic rings. The van der Waals surface area contributed by atoms with Crippen molar-refractivity contribution in [3.63, 3.8) is 0 Å². The first-order valence-electron chi connectivity index (χ1n) is 17.1. The Morgan fingerprint density at radius 2 is 1.06 bits per heavy atom. The number of thiophene rings is 6. The fraction of sp³-hybridized carbons (Fsp3) is 0.250. The topological polar surface area (TPSA) is 59.1 Å². The largest absolute Gasteiger partial charge is 0.482 e. The van der Waals surface area contributed by atoms with Crippen molar-refractivity contribution >= 4 is 91.2 Å². The smallest absolute Gasteiger partial charge is 0.261 e. The van der Waals surface area contributed by atoms with Gasteiger partial charge in [0.1, 0.15) is 22.7 Å². The zero-order valence-electron chi connectivity index (χ0n) is 29.2. The molecule has 10 heterocycles. The molecule has 262 valence electrons. The summed E-state index contributed by atoms with van der Waals surface area (Å²) in [5, 5.41) is 4.22. The molecule has 0 aliphatic carbocycles. The Balaban J connectivity index is 1.05. The van der Waals surface area contributed by atoms with Crippen molar-refractivity contribution < 1.29 is 19.1 Å². The van der Waals surface area contributed by atoms with E-state index in [-0.39, 0.29) is 17.4 Å². The van der Waals surface area contributed by atoms with Crippen LogP contribution in [-0.4, -0.2) is 34.7 Å². The van der Waals surface area contributed by atoms with Crippen molar-refractivity contribution in [2.24, 2.45) is 0 Å². The Morgan fingerprint density at radius 3 is 1.69 bits per heavy atom. The van der Waals surface area contributed by atoms with Gasteiger partial charge in [0.15, 0.2) is 0 Å². The molecule has 10 rings (SSSR count). The van der Waals surface area contributed by atoms with Gasteiger partial charge < -0.3 is 19.3 Å². The second kappa shape index (κ2) is 11.4. The molecule has 0 unspecified atom stereocenters. The fourth-order valence-corrected chi connectivity index (χ4v) is 14.6. The van der Waals surface area contributed by atoms with Gasteiger partial charge in [-0.2, -0.15) is 0 Å². The summed E-state index contributed by atoms with van der Waals surface area (Å²) in [6.45, 7) is 13.4. The minimum Gasteiger partial charge on any atom is -0.482 e. The Bertz CT molecular complexity index is 2580. The van der Waals surface area contributed by atoms with Crippen LogP contribution in [0.1, 0.15) is 62.4 Å². The van der Waals surface area contributed by atoms with Crippen molar-refractivity contribution in [1.29, 1.82) is 0 Å². The molecule has 0 saturated heterocycles. The van der Waals surface area contributed by atoms with Gasteiger partial charge in [-0.25, -0.2) is 0 Å². The molecule has 0 spiro atoms. The van der Waals surface area contributed by atoms with E-state index in [4.69, 9.17) is 9.47 Å². The number of nitrogens with zero attached hydrogens (tertiary/aromatic N) is 2. The highest BCUT2D eigenvalue weighted by Gasteiger charge is 2.49. The summed E-state index contributed by atoms with van der Waals surface area (Å²) >= 11 is 10.2. The maximum absolute atomic E-state index is 14.4. The van der Waals surface area contributed by atoms with Crippen LogP contribution in [0.4, 0.5) is 0 Å². The van der Waals surface area contributed by atoms with Crippen molar-refractivity contribution in [2.75, 3.05) is 13.1 Å². The highest BCUT2D eigenvalue weighted by atomic mass is 32.1. The maximum atomic E-state index is 14.4. The maximum Gasteiger partial charge on any atom is 0.261 e. The van der Waals surface area contributed by atoms with E-state index in [2.05, 4.69) is 87.0 Å². The Kier molecular flexibility index (Phi) is 7.18. The standard InChI is InChI=1S/C40H32N2O4S6/c1-7-41-31(25-11-9-23(49-25)27-17-20-34(51-27)35-21(14-16-48-35)45-40(20,5)6)29-30(38(41)44)32(42(8-2)37(29)43)26-12-10-24(50-26)28-18-22-36(52-28)33-19(13-15-47-33)39(3,4)46-22/h9-18H,7-8H2,1-6H3. The minimum atomic E-state index is -0.432. The van der Waals surface area contributed by atoms with Gasteiger partial charge in [-0.15, -0.1) is 68.0 Å². The molecule has 0 bridgehead atoms. The third-order valence-corrected chi connectivity index (χ3v) is 17.1. The van der Waals surface area contributed by atoms with Gasteiger partial charge in [-0.3, -0.25) is 9.59 Å². The molecule has 0 atom stereocenters. The lowest BCUT2D eigenvalue weighted by molar-refractivity contribution is -0.124. The quantitative estimate of drug-likeness (QED) is 0.168. The molecule has 6 nitrogen and oxygen atoms in total. The number of fused-ring (bicyclic) bond motifs is 7. The van der Waals surface area contributed by atoms with Crippen LogP contribution in [0, 0.1) is 0 Å². The van der Waals surface area contributed by atoms with Gasteiger partial charge >= 0.3 is 0 Å². The number of rotatable bonds is 6. The average molecular weight is 797 g/mol. The van der Waals surface area contributed by atoms with Gasteiger partial charge in [-0.05, 0) is 94.8 Å². The van der Waals surface area contributed by atoms with E-state index in [0.29, 0.717) is 29.9 Å². The average Bonchev–Trinajstić information content (AvgIpc) is 3.94. The van der Waals surface area contributed by atoms with Crippen LogP contribution in [0.5, 0.6) is 11.5 Å². The molecular weight excluding hydrogens is 765 g/mol. The lowest BCUT2D eigenvalue weighted by Crippen LogP contribution is -2.29. The number of amides is 2. The summed E-state index contributed by atoms with van der Waals surface area (Å²) in [6, 6.07) is 17.0. The van der Waals surface area contributed by atoms with Crippen LogP contribution < -0.4 is 9.47 Å². The van der Waals surface area contributed by atoms with Crippen LogP contribution in [-0.2, 0) is 20.8 Å². The summed E-state index contributed by atoms with van der Waals surface area (Å²) < 4.78 is 12.8. The zero-order valence-corrected chi connectivity index (χ0v) is 34.1. The highest BCUT2D eigenvalue weighted by Crippen LogP contribution is 2.57. The van der Waals surface area contributed by atoms with Crippen LogP contribution in [0.15, 0.2) is 70.4 Å². The molecule has 6 aromatic heterocycles. The molecule has 2 amide bonds. The van der Waals surface area contributed by atoms with E-state index in [1.165, 1.54) is 25.8 Å². The Hall–Kier alpha value is -3.78. The molecular formula is C40H32N2O4S6. The van der Waals surface area contributed by atoms with Crippen molar-refractivity contribution in [1.82, 2.24) is 9.80 Å². The van der Waals surface area contributed by atoms with Crippen molar-refractivity contribution in [3.05, 3.63) is 91.3 Å². The summed E-state index contributed by atoms with van der Waals surface area (Å²) in [4.78, 5) is 43.5. The molecule has 0 fully saturated rings. The summed E-state index contributed by atoms with van der Waals surface area (Å²) in [5.41, 5.74) is 4.06. The van der Waals surface area contributed by atoms with E-state index in [1.54, 1.807) is 77.8 Å². The predicted molar refractivity (Wildman–Crippen MR) is 218 cm³/mol. The van der Waals surface area contributed by atoms with E-state index in [0.717, 1.165) is 51.3 Å². The van der Waals surface area contributed by atoms with Crippen molar-refractivity contribution in [2.45, 2.75) is 52.7 Å². The molecule has 0 radical (unpaired) electrons. The normalized spacial score (nSPS) is 18.0. The molecule has 12 heteroatoms. The number of likely N-dealkylation sites (N-methyl/N-ethyl adjacent to an activating group) is 2. The molecule has 6 aromatic rings. The summed E-state index contributed by atoms with van der Waals surface area (Å²) in [7, 11) is 0. The summed E-state index contributed by atoms with van der Waals surface area (Å²) in [6.07, 6.45) is 0. The van der Waals surface area contributed by atoms with E-state index in [1.807, 2.05) is 13.8 Å². The van der Waals surface area contributed by atoms with Gasteiger partial charge in [0.25, 0.3) is 11.8 Å². The molecule has 0 saturated carbocycles. The first kappa shape index (κ1) is 32.8. The Morgan fingerprint density at radius 1 is 0.538 bits per heavy atom. The van der Waals surface area contributed by atoms with Gasteiger partial charge in [0.2, 0.25) is 0 Å². The van der Waals surface area contributed by atoms with Gasteiger partial charge in [0, 0.05) is 49.8 Å². The van der Waals surface area contributed by atoms with Gasteiger partial charge in [-0.1, -0.05) is 0 Å². The zero-order chi connectivity index (χ0) is 35.8. The SMILES string of the molecule is CCN1C(=O)C2=C(c3ccc(-c4cc5c(s4)-c4sccc4OC5(C)C)s3)N(CC)C(=O)C2=C1c1ccc(-c2cc3c(s2)-c2sccc2C(C)(C)O3)s1. The van der Waals surface area contributed by atoms with E-state index >= 15 is 0 Å². The number of hydrogen-bond acceptors (Lipinski definition) is 10. The van der Waals surface area contributed by atoms with Crippen molar-refractivity contribution in [3.8, 4) is 50.5 Å². The molecule has 0 aromatic carbocycles. The lowest BCUT2D eigenvalue weighted by atomic mass is 9.95. The lowest BCUT2D eigenvalue weighted by Gasteiger charge is -2.31. The second-order valence-corrected chi connectivity index (χ2v) is 20.1. The predicted octanol–water partition coefficient (Wildman–Crippen LogP) is 11.8. The molecule has 0 N–H and O–H groups in total. The monoisotopic (exact) mass is 796 g/mol. The van der Waals surface area contributed by atoms with E-state index < -0.39 is 5.60 Å². The van der Waals surface area contributed by atoms with Gasteiger partial charge in [0.05, 0.1) is 51.8 Å². The second-order valence-electron chi connectivity index (χ2n) is 14.0. The summed E-state index contributed by atoms with van der Waals surface area (Å²) in [5.74, 6) is 1.63. The first-order chi connectivity index (χ1) is 25.0. The highest BCUT2D eigenvalue weighted by molar-refractivity contribution is 7.27. The van der Waals surface area contributed by atoms with Crippen LogP contribution in [0.25, 0.3) is 50.4 Å². The number of carbonyl (C=O) groups is 2. The Labute approximate surface area is 325 Å². The number of carbonyl (C=O) groups excluding carboxylic acids is 2. The minimum absolute atomic E-state index is 0.111. The fourth-order valence-electron chi connectivity index (χ4n) is 7.73. The number of ether oxygens (including phenoxy) is 2.